The smallest absolute Gasteiger partial charge is 0.426 e. The molecule has 35 heavy (non-hydrogen) atoms. The number of hydrogen-bond acceptors (Lipinski definition) is 2. The number of alkyl halides is 5. The van der Waals surface area contributed by atoms with Gasteiger partial charge in [-0.3, -0.25) is 0 Å². The maximum atomic E-state index is 14.6. The lowest BCUT2D eigenvalue weighted by Crippen LogP contribution is -2.22. The zero-order chi connectivity index (χ0) is 24.9. The summed E-state index contributed by atoms with van der Waals surface area (Å²) in [5.41, 5.74) is 2.12. The molecule has 9 heteroatoms. The van der Waals surface area contributed by atoms with Crippen molar-refractivity contribution < 1.29 is 40.2 Å². The monoisotopic (exact) mass is 500 g/mol. The number of hydrogen-bond donors (Lipinski definition) is 0. The van der Waals surface area contributed by atoms with Crippen molar-refractivity contribution in [1.29, 1.82) is 0 Å². The van der Waals surface area contributed by atoms with Crippen LogP contribution in [0.25, 0.3) is 11.1 Å². The average molecular weight is 500 g/mol. The van der Waals surface area contributed by atoms with Crippen LogP contribution in [-0.2, 0) is 12.5 Å². The third-order valence-corrected chi connectivity index (χ3v) is 4.71. The molecule has 0 aliphatic rings. The lowest BCUT2D eigenvalue weighted by Gasteiger charge is -2.19. The molecular weight excluding hydrogens is 477 g/mol. The molecule has 0 unspecified atom stereocenters. The molecule has 0 saturated carbocycles. The molecule has 0 heterocycles. The topological polar surface area (TPSA) is 18.5 Å². The maximum absolute atomic E-state index is 14.6. The molecule has 0 aromatic heterocycles. The molecule has 188 valence electrons. The van der Waals surface area contributed by atoms with Gasteiger partial charge in [-0.1, -0.05) is 57.2 Å². The van der Waals surface area contributed by atoms with Crippen LogP contribution in [0.4, 0.5) is 30.7 Å². The van der Waals surface area contributed by atoms with Gasteiger partial charge in [-0.15, -0.1) is 0 Å². The molecule has 0 atom stereocenters. The first-order chi connectivity index (χ1) is 16.0. The SMILES string of the molecule is C.CCCc1ccc(-c2ccc(C(F)(F)Oc3cc(F)c(O/C=C/C(F)(F)F)c(F)c3)cc2)cc1. The second-order valence-electron chi connectivity index (χ2n) is 7.32. The summed E-state index contributed by atoms with van der Waals surface area (Å²) in [5, 5.41) is 0. The molecule has 0 radical (unpaired) electrons. The molecule has 0 saturated heterocycles. The lowest BCUT2D eigenvalue weighted by molar-refractivity contribution is -0.185. The zero-order valence-electron chi connectivity index (χ0n) is 17.8. The van der Waals surface area contributed by atoms with E-state index in [9.17, 15) is 30.7 Å². The van der Waals surface area contributed by atoms with Gasteiger partial charge in [0, 0.05) is 12.1 Å². The van der Waals surface area contributed by atoms with E-state index in [1.54, 1.807) is 0 Å². The van der Waals surface area contributed by atoms with E-state index < -0.39 is 41.0 Å². The molecule has 0 aliphatic heterocycles. The highest BCUT2D eigenvalue weighted by atomic mass is 19.4. The first kappa shape index (κ1) is 27.8. The van der Waals surface area contributed by atoms with E-state index in [-0.39, 0.29) is 19.8 Å². The summed E-state index contributed by atoms with van der Waals surface area (Å²) in [6.45, 7) is 2.07. The normalized spacial score (nSPS) is 11.9. The van der Waals surface area contributed by atoms with Crippen molar-refractivity contribution in [3.63, 3.8) is 0 Å². The van der Waals surface area contributed by atoms with Crippen LogP contribution in [0.5, 0.6) is 11.5 Å². The summed E-state index contributed by atoms with van der Waals surface area (Å²) < 4.78 is 102. The Labute approximate surface area is 198 Å². The van der Waals surface area contributed by atoms with Crippen LogP contribution in [-0.4, -0.2) is 6.18 Å². The van der Waals surface area contributed by atoms with Crippen molar-refractivity contribution in [2.45, 2.75) is 39.5 Å². The zero-order valence-corrected chi connectivity index (χ0v) is 17.8. The number of ether oxygens (including phenoxy) is 2. The van der Waals surface area contributed by atoms with Crippen LogP contribution in [0.3, 0.4) is 0 Å². The second kappa shape index (κ2) is 11.3. The van der Waals surface area contributed by atoms with Gasteiger partial charge in [0.15, 0.2) is 17.4 Å². The van der Waals surface area contributed by atoms with Gasteiger partial charge in [-0.05, 0) is 35.2 Å². The van der Waals surface area contributed by atoms with Gasteiger partial charge in [0.05, 0.1) is 17.9 Å². The van der Waals surface area contributed by atoms with E-state index in [0.717, 1.165) is 36.1 Å². The fourth-order valence-electron chi connectivity index (χ4n) is 3.10. The van der Waals surface area contributed by atoms with E-state index in [4.69, 9.17) is 0 Å². The van der Waals surface area contributed by atoms with Crippen molar-refractivity contribution in [2.75, 3.05) is 0 Å². The fourth-order valence-corrected chi connectivity index (χ4v) is 3.10. The fraction of sp³-hybridized carbons (Fsp3) is 0.231. The minimum absolute atomic E-state index is 0. The van der Waals surface area contributed by atoms with Crippen LogP contribution in [0, 0.1) is 11.6 Å². The Balaban J connectivity index is 0.00000432. The summed E-state index contributed by atoms with van der Waals surface area (Å²) in [4.78, 5) is 0. The Morgan fingerprint density at radius 3 is 1.80 bits per heavy atom. The number of allylic oxidation sites excluding steroid dienone is 1. The van der Waals surface area contributed by atoms with E-state index in [0.29, 0.717) is 17.7 Å². The van der Waals surface area contributed by atoms with Crippen LogP contribution in [0.2, 0.25) is 0 Å². The Hall–Kier alpha value is -3.49. The minimum Gasteiger partial charge on any atom is -0.459 e. The Morgan fingerprint density at radius 2 is 1.31 bits per heavy atom. The van der Waals surface area contributed by atoms with Gasteiger partial charge in [-0.2, -0.15) is 22.0 Å². The molecule has 0 amide bonds. The number of benzene rings is 3. The number of aryl methyl sites for hydroxylation is 1. The molecule has 0 N–H and O–H groups in total. The van der Waals surface area contributed by atoms with Crippen molar-refractivity contribution in [1.82, 2.24) is 0 Å². The van der Waals surface area contributed by atoms with Gasteiger partial charge >= 0.3 is 12.3 Å². The summed E-state index contributed by atoms with van der Waals surface area (Å²) in [6, 6.07) is 13.6. The molecule has 2 nitrogen and oxygen atoms in total. The van der Waals surface area contributed by atoms with E-state index >= 15 is 0 Å². The van der Waals surface area contributed by atoms with Crippen molar-refractivity contribution in [3.8, 4) is 22.6 Å². The van der Waals surface area contributed by atoms with Crippen molar-refractivity contribution in [3.05, 3.63) is 95.8 Å². The summed E-state index contributed by atoms with van der Waals surface area (Å²) >= 11 is 0. The van der Waals surface area contributed by atoms with Crippen molar-refractivity contribution in [2.24, 2.45) is 0 Å². The van der Waals surface area contributed by atoms with E-state index in [1.165, 1.54) is 12.1 Å². The molecular formula is C26H23F7O2. The Morgan fingerprint density at radius 1 is 0.800 bits per heavy atom. The predicted octanol–water partition coefficient (Wildman–Crippen LogP) is 8.80. The molecule has 0 fully saturated rings. The first-order valence-corrected chi connectivity index (χ1v) is 10.2. The average Bonchev–Trinajstić information content (AvgIpc) is 2.75. The summed E-state index contributed by atoms with van der Waals surface area (Å²) in [7, 11) is 0. The minimum atomic E-state index is -4.76. The highest BCUT2D eigenvalue weighted by Crippen LogP contribution is 2.35. The standard InChI is InChI=1S/C25H19F7O2.CH4/c1-2-3-16-4-6-17(7-5-16)18-8-10-19(11-9-18)25(31,32)34-20-14-21(26)23(22(27)15-20)33-13-12-24(28,29)30;/h4-15H,2-3H2,1H3;1H4/b13-12+;. The molecule has 0 bridgehead atoms. The lowest BCUT2D eigenvalue weighted by atomic mass is 10.0. The molecule has 0 spiro atoms. The van der Waals surface area contributed by atoms with E-state index in [1.807, 2.05) is 24.3 Å². The highest BCUT2D eigenvalue weighted by molar-refractivity contribution is 5.64. The van der Waals surface area contributed by atoms with Crippen LogP contribution in [0.1, 0.15) is 31.9 Å². The van der Waals surface area contributed by atoms with Crippen LogP contribution >= 0.6 is 0 Å². The van der Waals surface area contributed by atoms with Crippen LogP contribution in [0.15, 0.2) is 73.0 Å². The number of halogens is 7. The first-order valence-electron chi connectivity index (χ1n) is 10.2. The summed E-state index contributed by atoms with van der Waals surface area (Å²) in [5.74, 6) is -5.09. The third kappa shape index (κ3) is 7.50. The predicted molar refractivity (Wildman–Crippen MR) is 119 cm³/mol. The van der Waals surface area contributed by atoms with Crippen molar-refractivity contribution >= 4 is 0 Å². The largest absolute Gasteiger partial charge is 0.459 e. The number of rotatable bonds is 8. The third-order valence-electron chi connectivity index (χ3n) is 4.71. The summed E-state index contributed by atoms with van der Waals surface area (Å²) in [6.07, 6.45) is -7.11. The quantitative estimate of drug-likeness (QED) is 0.227. The van der Waals surface area contributed by atoms with Crippen LogP contribution < -0.4 is 9.47 Å². The molecule has 3 rings (SSSR count). The van der Waals surface area contributed by atoms with Gasteiger partial charge in [-0.25, -0.2) is 8.78 Å². The second-order valence-corrected chi connectivity index (χ2v) is 7.32. The molecule has 0 aliphatic carbocycles. The Kier molecular flexibility index (Phi) is 8.95. The Bertz CT molecular complexity index is 1110. The maximum Gasteiger partial charge on any atom is 0.426 e. The molecule has 3 aromatic rings. The highest BCUT2D eigenvalue weighted by Gasteiger charge is 2.35. The molecule has 3 aromatic carbocycles. The van der Waals surface area contributed by atoms with Gasteiger partial charge in [0.1, 0.15) is 5.75 Å². The van der Waals surface area contributed by atoms with Gasteiger partial charge < -0.3 is 9.47 Å². The van der Waals surface area contributed by atoms with Gasteiger partial charge in [0.25, 0.3) is 0 Å². The van der Waals surface area contributed by atoms with E-state index in [2.05, 4.69) is 16.4 Å². The van der Waals surface area contributed by atoms with Gasteiger partial charge in [0.2, 0.25) is 0 Å².